The number of nitrogens with zero attached hydrogens (tertiary/aromatic N) is 1. The van der Waals surface area contributed by atoms with Crippen LogP contribution in [0.3, 0.4) is 0 Å². The van der Waals surface area contributed by atoms with Crippen LogP contribution in [0.15, 0.2) is 30.3 Å². The highest BCUT2D eigenvalue weighted by Gasteiger charge is 2.32. The molecule has 2 rings (SSSR count). The molecule has 134 valence electrons. The third-order valence-electron chi connectivity index (χ3n) is 4.06. The highest BCUT2D eigenvalue weighted by atomic mass is 32.2. The summed E-state index contributed by atoms with van der Waals surface area (Å²) in [5.41, 5.74) is 6.15. The van der Waals surface area contributed by atoms with Crippen molar-refractivity contribution in [1.29, 1.82) is 0 Å². The number of carbonyl (C=O) groups excluding carboxylic acids is 1. The van der Waals surface area contributed by atoms with Crippen LogP contribution in [0.4, 0.5) is 0 Å². The van der Waals surface area contributed by atoms with Gasteiger partial charge in [0, 0.05) is 25.2 Å². The second-order valence-corrected chi connectivity index (χ2v) is 9.11. The first-order valence-corrected chi connectivity index (χ1v) is 9.87. The van der Waals surface area contributed by atoms with Gasteiger partial charge in [0.1, 0.15) is 0 Å². The molecule has 7 heteroatoms. The van der Waals surface area contributed by atoms with Crippen LogP contribution < -0.4 is 11.1 Å². The van der Waals surface area contributed by atoms with Gasteiger partial charge in [-0.05, 0) is 32.3 Å². The molecule has 6 nitrogen and oxygen atoms in total. The van der Waals surface area contributed by atoms with Crippen LogP contribution in [0.5, 0.6) is 0 Å². The molecule has 1 aliphatic rings. The molecule has 0 radical (unpaired) electrons. The summed E-state index contributed by atoms with van der Waals surface area (Å²) in [5, 5.41) is 2.83. The summed E-state index contributed by atoms with van der Waals surface area (Å²) >= 11 is 0. The fourth-order valence-electron chi connectivity index (χ4n) is 2.74. The van der Waals surface area contributed by atoms with Gasteiger partial charge in [-0.2, -0.15) is 0 Å². The van der Waals surface area contributed by atoms with Gasteiger partial charge in [-0.25, -0.2) is 12.7 Å². The summed E-state index contributed by atoms with van der Waals surface area (Å²) < 4.78 is 26.7. The van der Waals surface area contributed by atoms with E-state index in [1.165, 1.54) is 4.31 Å². The molecule has 1 unspecified atom stereocenters. The zero-order chi connectivity index (χ0) is 17.8. The average Bonchev–Trinajstić information content (AvgIpc) is 2.52. The normalized spacial score (nSPS) is 19.9. The molecule has 1 aliphatic heterocycles. The van der Waals surface area contributed by atoms with Crippen LogP contribution in [0.25, 0.3) is 0 Å². The van der Waals surface area contributed by atoms with E-state index < -0.39 is 15.6 Å². The molecule has 0 aromatic heterocycles. The lowest BCUT2D eigenvalue weighted by molar-refractivity contribution is -0.126. The lowest BCUT2D eigenvalue weighted by atomic mass is 9.98. The zero-order valence-electron chi connectivity index (χ0n) is 14.4. The molecular weight excluding hydrogens is 326 g/mol. The molecule has 1 atom stereocenters. The van der Waals surface area contributed by atoms with Gasteiger partial charge in [0.05, 0.1) is 11.7 Å². The Kier molecular flexibility index (Phi) is 6.01. The molecule has 1 aromatic rings. The number of carbonyl (C=O) groups is 1. The Labute approximate surface area is 144 Å². The highest BCUT2D eigenvalue weighted by Crippen LogP contribution is 2.21. The Bertz CT molecular complexity index is 653. The van der Waals surface area contributed by atoms with Gasteiger partial charge in [0.15, 0.2) is 0 Å². The fraction of sp³-hybridized carbons (Fsp3) is 0.588. The summed E-state index contributed by atoms with van der Waals surface area (Å²) in [6.45, 7) is 4.77. The lowest BCUT2D eigenvalue weighted by Gasteiger charge is -2.32. The molecule has 1 amide bonds. The Morgan fingerprint density at radius 2 is 2.00 bits per heavy atom. The van der Waals surface area contributed by atoms with Crippen LogP contribution in [0.2, 0.25) is 0 Å². The van der Waals surface area contributed by atoms with Crippen LogP contribution in [-0.2, 0) is 20.6 Å². The monoisotopic (exact) mass is 353 g/mol. The number of amides is 1. The van der Waals surface area contributed by atoms with E-state index in [-0.39, 0.29) is 24.1 Å². The number of rotatable bonds is 6. The number of hydrogen-bond donors (Lipinski definition) is 2. The Balaban J connectivity index is 1.98. The first-order chi connectivity index (χ1) is 11.2. The van der Waals surface area contributed by atoms with E-state index in [2.05, 4.69) is 5.32 Å². The van der Waals surface area contributed by atoms with E-state index in [9.17, 15) is 13.2 Å². The van der Waals surface area contributed by atoms with Crippen molar-refractivity contribution in [2.75, 3.05) is 19.6 Å². The van der Waals surface area contributed by atoms with E-state index in [4.69, 9.17) is 5.73 Å². The van der Waals surface area contributed by atoms with Gasteiger partial charge < -0.3 is 11.1 Å². The summed E-state index contributed by atoms with van der Waals surface area (Å²) in [6.07, 6.45) is 1.40. The molecule has 0 aliphatic carbocycles. The molecule has 1 aromatic carbocycles. The largest absolute Gasteiger partial charge is 0.354 e. The third kappa shape index (κ3) is 5.58. The number of piperidine rings is 1. The van der Waals surface area contributed by atoms with E-state index in [0.717, 1.165) is 5.56 Å². The van der Waals surface area contributed by atoms with Crippen LogP contribution >= 0.6 is 0 Å². The summed E-state index contributed by atoms with van der Waals surface area (Å²) in [5.74, 6) is -0.461. The van der Waals surface area contributed by atoms with Crippen molar-refractivity contribution in [3.63, 3.8) is 0 Å². The van der Waals surface area contributed by atoms with Gasteiger partial charge in [-0.1, -0.05) is 30.3 Å². The summed E-state index contributed by atoms with van der Waals surface area (Å²) in [4.78, 5) is 12.3. The van der Waals surface area contributed by atoms with Crippen molar-refractivity contribution < 1.29 is 13.2 Å². The minimum Gasteiger partial charge on any atom is -0.354 e. The van der Waals surface area contributed by atoms with Crippen molar-refractivity contribution in [3.8, 4) is 0 Å². The molecular formula is C17H27N3O3S. The molecule has 3 N–H and O–H groups in total. The third-order valence-corrected chi connectivity index (χ3v) is 5.87. The Morgan fingerprint density at radius 3 is 2.62 bits per heavy atom. The fourth-order valence-corrected chi connectivity index (χ4v) is 4.36. The van der Waals surface area contributed by atoms with E-state index in [1.54, 1.807) is 12.1 Å². The number of hydrogen-bond acceptors (Lipinski definition) is 4. The van der Waals surface area contributed by atoms with Crippen molar-refractivity contribution in [3.05, 3.63) is 35.9 Å². The van der Waals surface area contributed by atoms with Crippen molar-refractivity contribution in [2.45, 2.75) is 38.0 Å². The second kappa shape index (κ2) is 7.63. The Hall–Kier alpha value is -1.44. The SMILES string of the molecule is CC(C)(N)CNC(=O)C1CCCN(S(=O)(=O)Cc2ccccc2)C1. The maximum atomic E-state index is 12.6. The van der Waals surface area contributed by atoms with Gasteiger partial charge in [0.25, 0.3) is 0 Å². The zero-order valence-corrected chi connectivity index (χ0v) is 15.2. The number of benzene rings is 1. The molecule has 1 saturated heterocycles. The van der Waals surface area contributed by atoms with Gasteiger partial charge in [-0.3, -0.25) is 4.79 Å². The molecule has 0 bridgehead atoms. The maximum absolute atomic E-state index is 12.6. The molecule has 24 heavy (non-hydrogen) atoms. The van der Waals surface area contributed by atoms with Gasteiger partial charge in [0.2, 0.25) is 15.9 Å². The van der Waals surface area contributed by atoms with Crippen molar-refractivity contribution in [2.24, 2.45) is 11.7 Å². The minimum absolute atomic E-state index is 0.0298. The van der Waals surface area contributed by atoms with Crippen molar-refractivity contribution in [1.82, 2.24) is 9.62 Å². The maximum Gasteiger partial charge on any atom is 0.224 e. The minimum atomic E-state index is -3.42. The van der Waals surface area contributed by atoms with Gasteiger partial charge >= 0.3 is 0 Å². The average molecular weight is 353 g/mol. The molecule has 0 spiro atoms. The highest BCUT2D eigenvalue weighted by molar-refractivity contribution is 7.88. The van der Waals surface area contributed by atoms with Crippen molar-refractivity contribution >= 4 is 15.9 Å². The smallest absolute Gasteiger partial charge is 0.224 e. The lowest BCUT2D eigenvalue weighted by Crippen LogP contribution is -2.50. The molecule has 0 saturated carbocycles. The number of nitrogens with one attached hydrogen (secondary N) is 1. The topological polar surface area (TPSA) is 92.5 Å². The molecule has 1 fully saturated rings. The van der Waals surface area contributed by atoms with Crippen LogP contribution in [-0.4, -0.2) is 43.8 Å². The van der Waals surface area contributed by atoms with Gasteiger partial charge in [-0.15, -0.1) is 0 Å². The Morgan fingerprint density at radius 1 is 1.33 bits per heavy atom. The standard InChI is InChI=1S/C17H27N3O3S/c1-17(2,18)13-19-16(21)15-9-6-10-20(11-15)24(22,23)12-14-7-4-3-5-8-14/h3-5,7-8,15H,6,9-13,18H2,1-2H3,(H,19,21). The van der Waals surface area contributed by atoms with E-state index in [1.807, 2.05) is 32.0 Å². The van der Waals surface area contributed by atoms with E-state index in [0.29, 0.717) is 25.9 Å². The first kappa shape index (κ1) is 18.9. The van der Waals surface area contributed by atoms with Crippen LogP contribution in [0, 0.1) is 5.92 Å². The second-order valence-electron chi connectivity index (χ2n) is 7.15. The first-order valence-electron chi connectivity index (χ1n) is 8.26. The molecule has 1 heterocycles. The number of sulfonamides is 1. The summed E-state index contributed by atoms with van der Waals surface area (Å²) in [7, 11) is -3.42. The quantitative estimate of drug-likeness (QED) is 0.800. The van der Waals surface area contributed by atoms with Crippen LogP contribution in [0.1, 0.15) is 32.3 Å². The predicted molar refractivity (Wildman–Crippen MR) is 94.6 cm³/mol. The summed E-state index contributed by atoms with van der Waals surface area (Å²) in [6, 6.07) is 9.11. The van der Waals surface area contributed by atoms with E-state index >= 15 is 0 Å². The predicted octanol–water partition coefficient (Wildman–Crippen LogP) is 1.08. The number of nitrogens with two attached hydrogens (primary N) is 1.